The van der Waals surface area contributed by atoms with Gasteiger partial charge >= 0.3 is 0 Å². The van der Waals surface area contributed by atoms with Crippen LogP contribution in [0.2, 0.25) is 0 Å². The van der Waals surface area contributed by atoms with Crippen molar-refractivity contribution < 1.29 is 23.5 Å². The van der Waals surface area contributed by atoms with Gasteiger partial charge in [-0.15, -0.1) is 11.6 Å². The molecule has 0 spiro atoms. The first-order valence-corrected chi connectivity index (χ1v) is 13.5. The zero-order chi connectivity index (χ0) is 27.6. The lowest BCUT2D eigenvalue weighted by molar-refractivity contribution is -0.137. The summed E-state index contributed by atoms with van der Waals surface area (Å²) in [5.74, 6) is -2.53. The van der Waals surface area contributed by atoms with E-state index >= 15 is 0 Å². The molecule has 0 radical (unpaired) electrons. The van der Waals surface area contributed by atoms with E-state index in [0.29, 0.717) is 17.7 Å². The number of alkyl halides is 3. The fraction of sp³-hybridized carbons (Fsp3) is 0.367. The van der Waals surface area contributed by atoms with E-state index in [0.717, 1.165) is 5.56 Å². The van der Waals surface area contributed by atoms with Crippen LogP contribution in [0.5, 0.6) is 0 Å². The number of aromatic nitrogens is 1. The van der Waals surface area contributed by atoms with Gasteiger partial charge in [-0.25, -0.2) is 8.78 Å². The lowest BCUT2D eigenvalue weighted by Gasteiger charge is -2.40. The van der Waals surface area contributed by atoms with Gasteiger partial charge in [-0.2, -0.15) is 0 Å². The van der Waals surface area contributed by atoms with Gasteiger partial charge in [0, 0.05) is 41.8 Å². The van der Waals surface area contributed by atoms with E-state index in [1.807, 2.05) is 30.3 Å². The van der Waals surface area contributed by atoms with E-state index in [9.17, 15) is 23.5 Å². The molecule has 2 amide bonds. The second kappa shape index (κ2) is 11.4. The molecular formula is C30H30ClF2N3O3. The number of fused-ring (bicyclic) bond motifs is 1. The van der Waals surface area contributed by atoms with Crippen LogP contribution in [0.4, 0.5) is 14.5 Å². The van der Waals surface area contributed by atoms with Crippen LogP contribution in [0, 0.1) is 11.8 Å². The molecule has 2 heterocycles. The number of nitrogens with zero attached hydrogens (tertiary/aromatic N) is 2. The van der Waals surface area contributed by atoms with Crippen molar-refractivity contribution in [1.82, 2.24) is 10.3 Å². The van der Waals surface area contributed by atoms with Crippen LogP contribution >= 0.6 is 11.6 Å². The van der Waals surface area contributed by atoms with Gasteiger partial charge < -0.3 is 15.3 Å². The van der Waals surface area contributed by atoms with Gasteiger partial charge in [0.1, 0.15) is 0 Å². The second-order valence-electron chi connectivity index (χ2n) is 10.3. The summed E-state index contributed by atoms with van der Waals surface area (Å²) in [5, 5.41) is 13.8. The molecule has 39 heavy (non-hydrogen) atoms. The maximum atomic E-state index is 14.2. The quantitative estimate of drug-likeness (QED) is 0.387. The number of amides is 2. The number of carbonyl (C=O) groups excluding carboxylic acids is 2. The summed E-state index contributed by atoms with van der Waals surface area (Å²) in [6.45, 7) is 0.101. The predicted molar refractivity (Wildman–Crippen MR) is 145 cm³/mol. The van der Waals surface area contributed by atoms with E-state index in [1.54, 1.807) is 36.4 Å². The summed E-state index contributed by atoms with van der Waals surface area (Å²) in [6.07, 6.45) is 1.08. The van der Waals surface area contributed by atoms with Crippen LogP contribution in [-0.4, -0.2) is 46.3 Å². The normalized spacial score (nSPS) is 26.5. The number of pyridine rings is 1. The Labute approximate surface area is 231 Å². The van der Waals surface area contributed by atoms with E-state index in [1.165, 1.54) is 17.3 Å². The molecule has 9 heteroatoms. The highest BCUT2D eigenvalue weighted by Gasteiger charge is 2.51. The van der Waals surface area contributed by atoms with E-state index in [-0.39, 0.29) is 31.4 Å². The number of para-hydroxylation sites is 1. The Morgan fingerprint density at radius 1 is 1.10 bits per heavy atom. The molecule has 2 aliphatic rings. The molecule has 2 aromatic carbocycles. The molecule has 2 N–H and O–H groups in total. The summed E-state index contributed by atoms with van der Waals surface area (Å²) in [6, 6.07) is 19.0. The Morgan fingerprint density at radius 3 is 2.56 bits per heavy atom. The number of nitrogens with one attached hydrogen (secondary N) is 1. The van der Waals surface area contributed by atoms with Crippen molar-refractivity contribution in [3.05, 3.63) is 95.8 Å². The lowest BCUT2D eigenvalue weighted by Crippen LogP contribution is -2.52. The molecular weight excluding hydrogens is 524 g/mol. The van der Waals surface area contributed by atoms with Gasteiger partial charge in [0.2, 0.25) is 6.43 Å². The smallest absolute Gasteiger partial charge is 0.263 e. The Morgan fingerprint density at radius 2 is 1.85 bits per heavy atom. The fourth-order valence-electron chi connectivity index (χ4n) is 5.79. The van der Waals surface area contributed by atoms with Crippen molar-refractivity contribution >= 4 is 29.1 Å². The summed E-state index contributed by atoms with van der Waals surface area (Å²) < 4.78 is 28.4. The Bertz CT molecular complexity index is 1310. The monoisotopic (exact) mass is 553 g/mol. The summed E-state index contributed by atoms with van der Waals surface area (Å²) in [7, 11) is 0. The highest BCUT2D eigenvalue weighted by atomic mass is 35.5. The molecule has 1 aliphatic heterocycles. The molecule has 0 saturated heterocycles. The van der Waals surface area contributed by atoms with Gasteiger partial charge in [-0.1, -0.05) is 48.5 Å². The van der Waals surface area contributed by atoms with Crippen LogP contribution < -0.4 is 10.2 Å². The number of anilines is 1. The van der Waals surface area contributed by atoms with Gasteiger partial charge in [0.25, 0.3) is 11.8 Å². The van der Waals surface area contributed by atoms with E-state index in [4.69, 9.17) is 11.6 Å². The number of carbonyl (C=O) groups is 2. The van der Waals surface area contributed by atoms with Gasteiger partial charge in [0.05, 0.1) is 11.3 Å². The minimum absolute atomic E-state index is 0.0260. The SMILES string of the molecule is O=C(N[C@@H]1C[C@@H](Cl)[C@@H](CN2C(=O)[C@@](O)(CCc3ccccc3)c3ccccc32)C[C@H]1C(F)F)c1cccnc1. The van der Waals surface area contributed by atoms with Crippen molar-refractivity contribution in [2.45, 2.75) is 49.1 Å². The van der Waals surface area contributed by atoms with Crippen LogP contribution in [0.25, 0.3) is 0 Å². The molecule has 1 fully saturated rings. The number of aryl methyl sites for hydroxylation is 1. The topological polar surface area (TPSA) is 82.5 Å². The van der Waals surface area contributed by atoms with Gasteiger partial charge in [-0.05, 0) is 55.4 Å². The minimum atomic E-state index is -2.68. The second-order valence-corrected chi connectivity index (χ2v) is 10.9. The van der Waals surface area contributed by atoms with Crippen LogP contribution in [0.15, 0.2) is 79.1 Å². The number of rotatable bonds is 8. The molecule has 1 aliphatic carbocycles. The summed E-state index contributed by atoms with van der Waals surface area (Å²) >= 11 is 6.73. The Kier molecular flexibility index (Phi) is 7.96. The van der Waals surface area contributed by atoms with Gasteiger partial charge in [-0.3, -0.25) is 14.6 Å². The van der Waals surface area contributed by atoms with E-state index < -0.39 is 47.1 Å². The first-order valence-electron chi connectivity index (χ1n) is 13.1. The molecule has 6 nitrogen and oxygen atoms in total. The van der Waals surface area contributed by atoms with Crippen LogP contribution in [0.3, 0.4) is 0 Å². The number of hydrogen-bond donors (Lipinski definition) is 2. The zero-order valence-corrected chi connectivity index (χ0v) is 22.0. The van der Waals surface area contributed by atoms with Crippen molar-refractivity contribution in [2.75, 3.05) is 11.4 Å². The zero-order valence-electron chi connectivity index (χ0n) is 21.2. The highest BCUT2D eigenvalue weighted by molar-refractivity contribution is 6.21. The summed E-state index contributed by atoms with van der Waals surface area (Å²) in [4.78, 5) is 31.7. The van der Waals surface area contributed by atoms with Crippen molar-refractivity contribution in [1.29, 1.82) is 0 Å². The number of hydrogen-bond acceptors (Lipinski definition) is 4. The molecule has 5 rings (SSSR count). The first-order chi connectivity index (χ1) is 18.8. The largest absolute Gasteiger partial charge is 0.375 e. The average molecular weight is 554 g/mol. The molecule has 0 bridgehead atoms. The molecule has 204 valence electrons. The molecule has 3 aromatic rings. The Hall–Kier alpha value is -3.36. The molecule has 1 aromatic heterocycles. The number of benzene rings is 2. The minimum Gasteiger partial charge on any atom is -0.375 e. The average Bonchev–Trinajstić information content (AvgIpc) is 3.16. The maximum absolute atomic E-state index is 14.2. The van der Waals surface area contributed by atoms with Crippen LogP contribution in [-0.2, 0) is 16.8 Å². The van der Waals surface area contributed by atoms with Crippen molar-refractivity contribution in [3.63, 3.8) is 0 Å². The Balaban J connectivity index is 1.32. The first kappa shape index (κ1) is 27.2. The summed E-state index contributed by atoms with van der Waals surface area (Å²) in [5.41, 5.74) is 0.655. The lowest BCUT2D eigenvalue weighted by atomic mass is 9.77. The van der Waals surface area contributed by atoms with Crippen LogP contribution in [0.1, 0.15) is 40.7 Å². The van der Waals surface area contributed by atoms with Gasteiger partial charge in [0.15, 0.2) is 5.60 Å². The third kappa shape index (κ3) is 5.54. The highest BCUT2D eigenvalue weighted by Crippen LogP contribution is 2.45. The third-order valence-electron chi connectivity index (χ3n) is 7.92. The predicted octanol–water partition coefficient (Wildman–Crippen LogP) is 4.95. The number of aliphatic hydroxyl groups is 1. The molecule has 1 saturated carbocycles. The van der Waals surface area contributed by atoms with E-state index in [2.05, 4.69) is 10.3 Å². The van der Waals surface area contributed by atoms with Crippen molar-refractivity contribution in [2.24, 2.45) is 11.8 Å². The third-order valence-corrected chi connectivity index (χ3v) is 8.46. The maximum Gasteiger partial charge on any atom is 0.263 e. The fourth-order valence-corrected chi connectivity index (χ4v) is 6.16. The van der Waals surface area contributed by atoms with Crippen molar-refractivity contribution in [3.8, 4) is 0 Å². The molecule has 0 unspecified atom stereocenters. The molecule has 5 atom stereocenters. The number of halogens is 3. The standard InChI is InChI=1S/C30H30ClF2N3O3/c31-24-16-25(35-28(37)20-9-6-14-34-17-20)22(27(32)33)15-21(24)18-36-26-11-5-4-10-23(26)30(39,29(36)38)13-12-19-7-2-1-3-8-19/h1-11,14,17,21-22,24-25,27,39H,12-13,15-16,18H2,(H,35,37)/t21-,22-,24-,25-,30-/m1/s1.